The number of pyridine rings is 1. The molecule has 2 aliphatic rings. The molecule has 0 saturated heterocycles. The summed E-state index contributed by atoms with van der Waals surface area (Å²) in [4.78, 5) is 22.1. The smallest absolute Gasteiger partial charge is 0.233 e. The highest BCUT2D eigenvalue weighted by Gasteiger charge is 2.38. The highest BCUT2D eigenvalue weighted by Crippen LogP contribution is 2.37. The molecular weight excluding hydrogens is 430 g/mol. The number of anilines is 1. The van der Waals surface area contributed by atoms with Gasteiger partial charge in [-0.1, -0.05) is 55.2 Å². The lowest BCUT2D eigenvalue weighted by Gasteiger charge is -2.20. The third-order valence-electron chi connectivity index (χ3n) is 6.30. The van der Waals surface area contributed by atoms with Gasteiger partial charge in [-0.2, -0.15) is 0 Å². The number of hydrogen-bond donors (Lipinski definition) is 1. The number of carbonyl (C=O) groups excluding carboxylic acids is 1. The number of carbonyl (C=O) groups is 1. The van der Waals surface area contributed by atoms with Crippen LogP contribution in [0.5, 0.6) is 0 Å². The topological polar surface area (TPSA) is 89.0 Å². The third-order valence-corrected chi connectivity index (χ3v) is 9.43. The lowest BCUT2D eigenvalue weighted by atomic mass is 9.88. The number of benzene rings is 1. The van der Waals surface area contributed by atoms with E-state index in [4.69, 9.17) is 0 Å². The van der Waals surface area contributed by atoms with Crippen LogP contribution in [0.25, 0.3) is 10.2 Å². The molecule has 1 N–H and O–H groups in total. The Morgan fingerprint density at radius 3 is 2.55 bits per heavy atom. The maximum Gasteiger partial charge on any atom is 0.233 e. The Morgan fingerprint density at radius 2 is 1.87 bits per heavy atom. The number of amides is 1. The Balaban J connectivity index is 1.39. The lowest BCUT2D eigenvalue weighted by Crippen LogP contribution is -2.23. The number of fused-ring (bicyclic) bond motifs is 1. The summed E-state index contributed by atoms with van der Waals surface area (Å²) in [5, 5.41) is 3.41. The molecule has 1 atom stereocenters. The number of aromatic nitrogens is 2. The number of hydrogen-bond acceptors (Lipinski definition) is 6. The van der Waals surface area contributed by atoms with Gasteiger partial charge in [-0.05, 0) is 48.9 Å². The molecule has 0 radical (unpaired) electrons. The summed E-state index contributed by atoms with van der Waals surface area (Å²) in [6.45, 7) is 0. The van der Waals surface area contributed by atoms with Crippen molar-refractivity contribution in [3.63, 3.8) is 0 Å². The van der Waals surface area contributed by atoms with Gasteiger partial charge in [0, 0.05) is 6.20 Å². The summed E-state index contributed by atoms with van der Waals surface area (Å²) in [6, 6.07) is 11.1. The summed E-state index contributed by atoms with van der Waals surface area (Å²) >= 11 is 1.46. The van der Waals surface area contributed by atoms with Crippen LogP contribution in [0, 0.1) is 5.92 Å². The SMILES string of the molecule is O=C(Nc1nc2ccccc2s1)C(CC1CCCC1)c1ccc(S(=O)(=O)C2CC2)nc1. The predicted molar refractivity (Wildman–Crippen MR) is 122 cm³/mol. The molecule has 1 aromatic carbocycles. The van der Waals surface area contributed by atoms with Crippen molar-refractivity contribution in [2.24, 2.45) is 5.92 Å². The molecule has 1 amide bonds. The van der Waals surface area contributed by atoms with Gasteiger partial charge in [0.2, 0.25) is 5.91 Å². The Labute approximate surface area is 186 Å². The van der Waals surface area contributed by atoms with E-state index in [-0.39, 0.29) is 22.1 Å². The van der Waals surface area contributed by atoms with Crippen LogP contribution in [0.3, 0.4) is 0 Å². The predicted octanol–water partition coefficient (Wildman–Crippen LogP) is 4.93. The van der Waals surface area contributed by atoms with Crippen LogP contribution < -0.4 is 5.32 Å². The van der Waals surface area contributed by atoms with Gasteiger partial charge in [0.25, 0.3) is 0 Å². The molecule has 2 aliphatic carbocycles. The van der Waals surface area contributed by atoms with E-state index in [2.05, 4.69) is 15.3 Å². The number of sulfone groups is 1. The number of para-hydroxylation sites is 1. The average Bonchev–Trinajstić information content (AvgIpc) is 3.37. The first-order chi connectivity index (χ1) is 15.0. The van der Waals surface area contributed by atoms with Gasteiger partial charge < -0.3 is 5.32 Å². The molecule has 0 bridgehead atoms. The Morgan fingerprint density at radius 1 is 1.10 bits per heavy atom. The number of nitrogens with one attached hydrogen (secondary N) is 1. The van der Waals surface area contributed by atoms with Crippen LogP contribution in [0.2, 0.25) is 0 Å². The van der Waals surface area contributed by atoms with E-state index in [1.807, 2.05) is 24.3 Å². The standard InChI is InChI=1S/C23H25N3O3S2/c27-22(26-23-25-19-7-3-4-8-20(19)30-23)18(13-15-5-1-2-6-15)16-9-12-21(24-14-16)31(28,29)17-10-11-17/h3-4,7-9,12,14-15,17-18H,1-2,5-6,10-11,13H2,(H,25,26,27). The van der Waals surface area contributed by atoms with Gasteiger partial charge in [0.05, 0.1) is 21.4 Å². The minimum atomic E-state index is -3.33. The van der Waals surface area contributed by atoms with Crippen LogP contribution in [-0.4, -0.2) is 29.5 Å². The van der Waals surface area contributed by atoms with Gasteiger partial charge in [0.1, 0.15) is 0 Å². The zero-order chi connectivity index (χ0) is 21.4. The Kier molecular flexibility index (Phi) is 5.52. The number of rotatable bonds is 7. The molecular formula is C23H25N3O3S2. The second kappa shape index (κ2) is 8.31. The fraction of sp³-hybridized carbons (Fsp3) is 0.435. The van der Waals surface area contributed by atoms with Crippen molar-refractivity contribution in [3.05, 3.63) is 48.2 Å². The maximum absolute atomic E-state index is 13.3. The van der Waals surface area contributed by atoms with Crippen LogP contribution >= 0.6 is 11.3 Å². The molecule has 31 heavy (non-hydrogen) atoms. The fourth-order valence-electron chi connectivity index (χ4n) is 4.41. The molecule has 2 saturated carbocycles. The van der Waals surface area contributed by atoms with Crippen molar-refractivity contribution < 1.29 is 13.2 Å². The molecule has 2 aromatic heterocycles. The van der Waals surface area contributed by atoms with Crippen LogP contribution in [0.4, 0.5) is 5.13 Å². The van der Waals surface area contributed by atoms with Gasteiger partial charge in [-0.3, -0.25) is 4.79 Å². The first kappa shape index (κ1) is 20.6. The molecule has 1 unspecified atom stereocenters. The molecule has 0 aliphatic heterocycles. The second-order valence-electron chi connectivity index (χ2n) is 8.59. The molecule has 162 valence electrons. The third kappa shape index (κ3) is 4.36. The summed E-state index contributed by atoms with van der Waals surface area (Å²) in [6.07, 6.45) is 8.40. The quantitative estimate of drug-likeness (QED) is 0.546. The van der Waals surface area contributed by atoms with Crippen LogP contribution in [-0.2, 0) is 14.6 Å². The molecule has 6 nitrogen and oxygen atoms in total. The minimum absolute atomic E-state index is 0.106. The maximum atomic E-state index is 13.3. The van der Waals surface area contributed by atoms with E-state index >= 15 is 0 Å². The van der Waals surface area contributed by atoms with Crippen molar-refractivity contribution in [2.75, 3.05) is 5.32 Å². The van der Waals surface area contributed by atoms with Crippen LogP contribution in [0.1, 0.15) is 56.4 Å². The van der Waals surface area contributed by atoms with Gasteiger partial charge >= 0.3 is 0 Å². The highest BCUT2D eigenvalue weighted by molar-refractivity contribution is 7.92. The fourth-order valence-corrected chi connectivity index (χ4v) is 6.83. The molecule has 2 heterocycles. The normalized spacial score (nSPS) is 18.3. The first-order valence-corrected chi connectivity index (χ1v) is 13.2. The van der Waals surface area contributed by atoms with Gasteiger partial charge in [-0.25, -0.2) is 18.4 Å². The van der Waals surface area contributed by atoms with Crippen molar-refractivity contribution in [1.29, 1.82) is 0 Å². The van der Waals surface area contributed by atoms with Gasteiger partial charge in [0.15, 0.2) is 20.0 Å². The van der Waals surface area contributed by atoms with Gasteiger partial charge in [-0.15, -0.1) is 0 Å². The monoisotopic (exact) mass is 455 g/mol. The molecule has 0 spiro atoms. The van der Waals surface area contributed by atoms with E-state index in [0.29, 0.717) is 23.9 Å². The van der Waals surface area contributed by atoms with E-state index in [9.17, 15) is 13.2 Å². The minimum Gasteiger partial charge on any atom is -0.301 e. The highest BCUT2D eigenvalue weighted by atomic mass is 32.2. The van der Waals surface area contributed by atoms with Crippen molar-refractivity contribution in [1.82, 2.24) is 9.97 Å². The zero-order valence-electron chi connectivity index (χ0n) is 17.2. The molecule has 2 fully saturated rings. The second-order valence-corrected chi connectivity index (χ2v) is 11.8. The van der Waals surface area contributed by atoms with Crippen LogP contribution in [0.15, 0.2) is 47.6 Å². The molecule has 5 rings (SSSR count). The summed E-state index contributed by atoms with van der Waals surface area (Å²) < 4.78 is 26.0. The summed E-state index contributed by atoms with van der Waals surface area (Å²) in [7, 11) is -3.33. The van der Waals surface area contributed by atoms with E-state index in [1.54, 1.807) is 18.3 Å². The van der Waals surface area contributed by atoms with Crippen molar-refractivity contribution in [3.8, 4) is 0 Å². The first-order valence-electron chi connectivity index (χ1n) is 10.9. The largest absolute Gasteiger partial charge is 0.301 e. The average molecular weight is 456 g/mol. The Hall–Kier alpha value is -2.32. The Bertz CT molecular complexity index is 1160. The number of nitrogens with zero attached hydrogens (tertiary/aromatic N) is 2. The van der Waals surface area contributed by atoms with Crippen molar-refractivity contribution in [2.45, 2.75) is 61.1 Å². The summed E-state index contributed by atoms with van der Waals surface area (Å²) in [5.74, 6) is 0.0202. The van der Waals surface area contributed by atoms with E-state index in [0.717, 1.165) is 35.0 Å². The number of thiazole rings is 1. The molecule has 3 aromatic rings. The molecule has 8 heteroatoms. The van der Waals surface area contributed by atoms with Crippen molar-refractivity contribution >= 4 is 42.4 Å². The van der Waals surface area contributed by atoms with E-state index < -0.39 is 9.84 Å². The summed E-state index contributed by atoms with van der Waals surface area (Å²) in [5.41, 5.74) is 1.63. The zero-order valence-corrected chi connectivity index (χ0v) is 18.8. The van der Waals surface area contributed by atoms with E-state index in [1.165, 1.54) is 24.2 Å². The lowest BCUT2D eigenvalue weighted by molar-refractivity contribution is -0.118.